The van der Waals surface area contributed by atoms with Gasteiger partial charge in [0.25, 0.3) is 0 Å². The number of aliphatic hydroxyl groups is 1. The third kappa shape index (κ3) is 4.13. The highest BCUT2D eigenvalue weighted by Crippen LogP contribution is 2.27. The van der Waals surface area contributed by atoms with Crippen molar-refractivity contribution in [2.45, 2.75) is 58.2 Å². The molecule has 1 radical (unpaired) electrons. The van der Waals surface area contributed by atoms with E-state index in [0.717, 1.165) is 19.3 Å². The van der Waals surface area contributed by atoms with E-state index in [4.69, 9.17) is 14.9 Å². The quantitative estimate of drug-likeness (QED) is 0.586. The Morgan fingerprint density at radius 1 is 1.47 bits per heavy atom. The molecule has 17 heavy (non-hydrogen) atoms. The first-order valence-electron chi connectivity index (χ1n) is 6.32. The average molecular weight is 240 g/mol. The second-order valence-corrected chi connectivity index (χ2v) is 5.97. The summed E-state index contributed by atoms with van der Waals surface area (Å²) in [5.74, 6) is 0.410. The zero-order valence-corrected chi connectivity index (χ0v) is 11.4. The van der Waals surface area contributed by atoms with Crippen LogP contribution >= 0.6 is 0 Å². The molecule has 0 aromatic heterocycles. The highest BCUT2D eigenvalue weighted by molar-refractivity contribution is 6.38. The van der Waals surface area contributed by atoms with Crippen LogP contribution in [0.2, 0.25) is 0 Å². The van der Waals surface area contributed by atoms with Gasteiger partial charge >= 0.3 is 7.48 Å². The Hall–Kier alpha value is -0.315. The van der Waals surface area contributed by atoms with Crippen molar-refractivity contribution >= 4 is 7.48 Å². The molecule has 0 heterocycles. The van der Waals surface area contributed by atoms with Crippen LogP contribution in [-0.2, 0) is 4.65 Å². The van der Waals surface area contributed by atoms with E-state index in [0.29, 0.717) is 5.92 Å². The molecule has 1 aliphatic rings. The summed E-state index contributed by atoms with van der Waals surface area (Å²) < 4.78 is 5.76. The lowest BCUT2D eigenvalue weighted by atomic mass is 9.75. The molecule has 0 saturated heterocycles. The molecule has 0 spiro atoms. The van der Waals surface area contributed by atoms with Gasteiger partial charge in [0.15, 0.2) is 5.60 Å². The van der Waals surface area contributed by atoms with Gasteiger partial charge in [0.2, 0.25) is 0 Å². The first kappa shape index (κ1) is 14.7. The molecule has 0 aromatic carbocycles. The summed E-state index contributed by atoms with van der Waals surface area (Å²) in [5, 5.41) is 17.1. The molecule has 0 fully saturated rings. The highest BCUT2D eigenvalue weighted by Gasteiger charge is 2.40. The third-order valence-electron chi connectivity index (χ3n) is 3.82. The van der Waals surface area contributed by atoms with Crippen LogP contribution in [0, 0.1) is 5.92 Å². The van der Waals surface area contributed by atoms with Crippen molar-refractivity contribution in [3.05, 3.63) is 11.5 Å². The Balaban J connectivity index is 2.45. The van der Waals surface area contributed by atoms with E-state index >= 15 is 0 Å². The average Bonchev–Trinajstić information content (AvgIpc) is 2.25. The van der Waals surface area contributed by atoms with E-state index < -0.39 is 11.2 Å². The van der Waals surface area contributed by atoms with E-state index in [9.17, 15) is 0 Å². The molecular formula is C13H25BO3+. The van der Waals surface area contributed by atoms with E-state index in [1.54, 1.807) is 7.48 Å². The van der Waals surface area contributed by atoms with Crippen LogP contribution in [0.5, 0.6) is 0 Å². The Morgan fingerprint density at radius 2 is 2.12 bits per heavy atom. The monoisotopic (exact) mass is 240 g/mol. The molecular weight excluding hydrogens is 215 g/mol. The van der Waals surface area contributed by atoms with E-state index in [1.165, 1.54) is 5.47 Å². The highest BCUT2D eigenvalue weighted by atomic mass is 16.5. The lowest BCUT2D eigenvalue weighted by Crippen LogP contribution is -2.48. The molecule has 0 amide bonds. The van der Waals surface area contributed by atoms with Gasteiger partial charge < -0.3 is 14.9 Å². The fraction of sp³-hybridized carbons (Fsp3) is 0.846. The van der Waals surface area contributed by atoms with Gasteiger partial charge in [-0.1, -0.05) is 11.5 Å². The molecule has 1 atom stereocenters. The maximum atomic E-state index is 9.05. The Bertz CT molecular complexity index is 279. The Morgan fingerprint density at radius 3 is 2.53 bits per heavy atom. The van der Waals surface area contributed by atoms with Gasteiger partial charge in [-0.2, -0.15) is 0 Å². The maximum absolute atomic E-state index is 9.05. The molecule has 97 valence electrons. The smallest absolute Gasteiger partial charge is 0.326 e. The van der Waals surface area contributed by atoms with Gasteiger partial charge in [-0.25, -0.2) is 0 Å². The normalized spacial score (nSPS) is 22.2. The zero-order valence-electron chi connectivity index (χ0n) is 11.4. The van der Waals surface area contributed by atoms with Crippen LogP contribution in [0.4, 0.5) is 0 Å². The minimum atomic E-state index is -0.633. The first-order valence-corrected chi connectivity index (χ1v) is 6.32. The molecule has 0 aliphatic heterocycles. The molecule has 0 aromatic rings. The van der Waals surface area contributed by atoms with Gasteiger partial charge in [0.1, 0.15) is 5.60 Å². The van der Waals surface area contributed by atoms with Crippen molar-refractivity contribution in [3.63, 3.8) is 0 Å². The Kier molecular flexibility index (Phi) is 4.81. The molecule has 1 rings (SSSR count). The predicted molar refractivity (Wildman–Crippen MR) is 71.1 cm³/mol. The second-order valence-electron chi connectivity index (χ2n) is 5.97. The van der Waals surface area contributed by atoms with E-state index in [2.05, 4.69) is 6.08 Å². The number of hydrogen-bond donors (Lipinski definition) is 1. The second kappa shape index (κ2) is 5.55. The van der Waals surface area contributed by atoms with Crippen LogP contribution < -0.4 is 0 Å². The van der Waals surface area contributed by atoms with Crippen molar-refractivity contribution in [2.24, 2.45) is 5.92 Å². The van der Waals surface area contributed by atoms with Crippen molar-refractivity contribution in [3.8, 4) is 0 Å². The summed E-state index contributed by atoms with van der Waals surface area (Å²) in [6.07, 6.45) is 5.04. The van der Waals surface area contributed by atoms with Crippen LogP contribution in [-0.4, -0.2) is 35.5 Å². The molecule has 0 bridgehead atoms. The van der Waals surface area contributed by atoms with Gasteiger partial charge in [0, 0.05) is 20.5 Å². The molecule has 4 heteroatoms. The van der Waals surface area contributed by atoms with Crippen LogP contribution in [0.1, 0.15) is 47.0 Å². The van der Waals surface area contributed by atoms with Gasteiger partial charge in [-0.3, -0.25) is 0 Å². The Labute approximate surface area is 105 Å². The van der Waals surface area contributed by atoms with Crippen molar-refractivity contribution in [2.75, 3.05) is 6.61 Å². The van der Waals surface area contributed by atoms with Gasteiger partial charge in [-0.05, 0) is 39.0 Å². The lowest BCUT2D eigenvalue weighted by molar-refractivity contribution is -0.0897. The van der Waals surface area contributed by atoms with Crippen LogP contribution in [0.3, 0.4) is 0 Å². The number of hydrogen-bond acceptors (Lipinski definition) is 2. The summed E-state index contributed by atoms with van der Waals surface area (Å²) in [6.45, 7) is 7.87. The fourth-order valence-electron chi connectivity index (χ4n) is 1.55. The minimum Gasteiger partial charge on any atom is -0.439 e. The molecule has 0 saturated carbocycles. The summed E-state index contributed by atoms with van der Waals surface area (Å²) in [4.78, 5) is 0. The number of aliphatic hydroxyl groups excluding tert-OH is 1. The molecule has 3 N–H and O–H groups in total. The lowest BCUT2D eigenvalue weighted by Gasteiger charge is -2.34. The third-order valence-corrected chi connectivity index (χ3v) is 3.82. The van der Waals surface area contributed by atoms with E-state index in [1.807, 2.05) is 27.7 Å². The summed E-state index contributed by atoms with van der Waals surface area (Å²) in [5.41, 5.74) is 0.0561. The fourth-order valence-corrected chi connectivity index (χ4v) is 1.55. The summed E-state index contributed by atoms with van der Waals surface area (Å²) in [7, 11) is 1.80. The number of rotatable bonds is 5. The molecule has 1 unspecified atom stereocenters. The van der Waals surface area contributed by atoms with Gasteiger partial charge in [0.05, 0.1) is 0 Å². The first-order chi connectivity index (χ1) is 7.76. The predicted octanol–water partition coefficient (Wildman–Crippen LogP) is 1.58. The summed E-state index contributed by atoms with van der Waals surface area (Å²) in [6, 6.07) is 0. The van der Waals surface area contributed by atoms with Crippen molar-refractivity contribution in [1.29, 1.82) is 0 Å². The van der Waals surface area contributed by atoms with Crippen molar-refractivity contribution in [1.82, 2.24) is 0 Å². The molecule has 3 nitrogen and oxygen atoms in total. The van der Waals surface area contributed by atoms with E-state index in [-0.39, 0.29) is 6.61 Å². The standard InChI is InChI=1S/C13H24BO3/c1-12(2,16)13(3,4)17-14-11-7-5-10(9-15)6-8-11/h7,10,15-16H,5-6,8-9H2,1-4H3/p+1. The minimum absolute atomic E-state index is 0.274. The number of allylic oxidation sites excluding steroid dienone is 2. The maximum Gasteiger partial charge on any atom is 0.326 e. The molecule has 1 aliphatic carbocycles. The zero-order chi connectivity index (χ0) is 13.1. The van der Waals surface area contributed by atoms with Crippen LogP contribution in [0.15, 0.2) is 11.5 Å². The topological polar surface area (TPSA) is 52.4 Å². The SMILES string of the molecule is CC(C)([OH2+])C(C)(C)O[B]C1=CCC(CO)CC1. The van der Waals surface area contributed by atoms with Crippen molar-refractivity contribution < 1.29 is 14.9 Å². The largest absolute Gasteiger partial charge is 0.439 e. The van der Waals surface area contributed by atoms with Crippen LogP contribution in [0.25, 0.3) is 0 Å². The van der Waals surface area contributed by atoms with Gasteiger partial charge in [-0.15, -0.1) is 0 Å². The summed E-state index contributed by atoms with van der Waals surface area (Å²) >= 11 is 0.